The summed E-state index contributed by atoms with van der Waals surface area (Å²) >= 11 is 0. The number of non-ortho nitro benzene ring substituents is 1. The van der Waals surface area contributed by atoms with Crippen LogP contribution in [0.1, 0.15) is 43.5 Å². The predicted octanol–water partition coefficient (Wildman–Crippen LogP) is 3.15. The Morgan fingerprint density at radius 2 is 1.90 bits per heavy atom. The number of carbonyl (C=O) groups excluding carboxylic acids is 1. The molecular weight excluding hydrogens is 256 g/mol. The lowest BCUT2D eigenvalue weighted by molar-refractivity contribution is -0.384. The van der Waals surface area contributed by atoms with Crippen LogP contribution in [0.15, 0.2) is 24.3 Å². The average molecular weight is 276 g/mol. The van der Waals surface area contributed by atoms with Gasteiger partial charge in [0.2, 0.25) is 0 Å². The fraction of sp³-hybridized carbons (Fsp3) is 0.533. The summed E-state index contributed by atoms with van der Waals surface area (Å²) in [5, 5.41) is 13.6. The first kappa shape index (κ1) is 14.5. The van der Waals surface area contributed by atoms with Gasteiger partial charge in [-0.2, -0.15) is 0 Å². The Morgan fingerprint density at radius 1 is 1.25 bits per heavy atom. The smallest absolute Gasteiger partial charge is 0.269 e. The fourth-order valence-electron chi connectivity index (χ4n) is 2.77. The first-order chi connectivity index (χ1) is 9.49. The third-order valence-corrected chi connectivity index (χ3v) is 4.36. The van der Waals surface area contributed by atoms with Crippen molar-refractivity contribution in [3.8, 4) is 0 Å². The molecule has 1 aliphatic rings. The molecule has 1 aliphatic carbocycles. The summed E-state index contributed by atoms with van der Waals surface area (Å²) in [4.78, 5) is 22.3. The van der Waals surface area contributed by atoms with Crippen molar-refractivity contribution in [3.63, 3.8) is 0 Å². The number of nitro groups is 1. The number of hydrogen-bond acceptors (Lipinski definition) is 3. The number of rotatable bonds is 3. The zero-order chi connectivity index (χ0) is 14.7. The van der Waals surface area contributed by atoms with Crippen molar-refractivity contribution in [2.45, 2.75) is 39.2 Å². The van der Waals surface area contributed by atoms with Crippen LogP contribution >= 0.6 is 0 Å². The van der Waals surface area contributed by atoms with Crippen LogP contribution in [0.25, 0.3) is 0 Å². The van der Waals surface area contributed by atoms with Gasteiger partial charge in [-0.05, 0) is 30.4 Å². The molecule has 2 rings (SSSR count). The van der Waals surface area contributed by atoms with E-state index >= 15 is 0 Å². The summed E-state index contributed by atoms with van der Waals surface area (Å²) in [5.74, 6) is 0.933. The Kier molecular flexibility index (Phi) is 4.37. The largest absolute Gasteiger partial charge is 0.349 e. The third kappa shape index (κ3) is 3.15. The molecular formula is C15H20N2O3. The summed E-state index contributed by atoms with van der Waals surface area (Å²) in [7, 11) is 0. The highest BCUT2D eigenvalue weighted by atomic mass is 16.6. The molecule has 0 bridgehead atoms. The van der Waals surface area contributed by atoms with E-state index in [4.69, 9.17) is 0 Å². The third-order valence-electron chi connectivity index (χ3n) is 4.36. The van der Waals surface area contributed by atoms with E-state index in [-0.39, 0.29) is 17.6 Å². The maximum Gasteiger partial charge on any atom is 0.269 e. The summed E-state index contributed by atoms with van der Waals surface area (Å²) in [5.41, 5.74) is 0.474. The number of benzene rings is 1. The van der Waals surface area contributed by atoms with Crippen molar-refractivity contribution >= 4 is 11.6 Å². The Morgan fingerprint density at radius 3 is 2.50 bits per heavy atom. The Labute approximate surface area is 118 Å². The van der Waals surface area contributed by atoms with E-state index in [2.05, 4.69) is 19.2 Å². The molecule has 5 nitrogen and oxygen atoms in total. The molecule has 1 aromatic carbocycles. The minimum Gasteiger partial charge on any atom is -0.349 e. The Balaban J connectivity index is 2.02. The van der Waals surface area contributed by atoms with Gasteiger partial charge in [0, 0.05) is 23.7 Å². The van der Waals surface area contributed by atoms with E-state index in [1.165, 1.54) is 30.7 Å². The van der Waals surface area contributed by atoms with Crippen LogP contribution in [0.2, 0.25) is 0 Å². The highest BCUT2D eigenvalue weighted by Crippen LogP contribution is 2.29. The van der Waals surface area contributed by atoms with Gasteiger partial charge in [-0.3, -0.25) is 14.9 Å². The summed E-state index contributed by atoms with van der Waals surface area (Å²) in [6.07, 6.45) is 3.35. The molecule has 0 saturated heterocycles. The first-order valence-corrected chi connectivity index (χ1v) is 7.04. The molecule has 3 atom stereocenters. The van der Waals surface area contributed by atoms with Gasteiger partial charge in [-0.25, -0.2) is 0 Å². The van der Waals surface area contributed by atoms with Gasteiger partial charge < -0.3 is 5.32 Å². The highest BCUT2D eigenvalue weighted by molar-refractivity contribution is 5.94. The van der Waals surface area contributed by atoms with Crippen LogP contribution in [0.5, 0.6) is 0 Å². The van der Waals surface area contributed by atoms with Crippen molar-refractivity contribution in [2.75, 3.05) is 0 Å². The molecule has 0 aliphatic heterocycles. The monoisotopic (exact) mass is 276 g/mol. The minimum absolute atomic E-state index is 0.00112. The SMILES string of the molecule is C[C@H]1[C@@H](NC(=O)c2ccc([N+](=O)[O-])cc2)CCC[C@@H]1C. The van der Waals surface area contributed by atoms with E-state index in [1.807, 2.05) is 0 Å². The lowest BCUT2D eigenvalue weighted by Gasteiger charge is -2.34. The molecule has 108 valence electrons. The number of nitrogens with zero attached hydrogens (tertiary/aromatic N) is 1. The molecule has 0 heterocycles. The number of amides is 1. The second-order valence-electron chi connectivity index (χ2n) is 5.65. The lowest BCUT2D eigenvalue weighted by atomic mass is 9.78. The molecule has 0 unspecified atom stereocenters. The topological polar surface area (TPSA) is 72.2 Å². The van der Waals surface area contributed by atoms with Crippen LogP contribution in [0.4, 0.5) is 5.69 Å². The molecule has 1 fully saturated rings. The van der Waals surface area contributed by atoms with Crippen molar-refractivity contribution in [1.29, 1.82) is 0 Å². The molecule has 0 aromatic heterocycles. The second kappa shape index (κ2) is 6.03. The van der Waals surface area contributed by atoms with Gasteiger partial charge in [0.05, 0.1) is 4.92 Å². The molecule has 20 heavy (non-hydrogen) atoms. The van der Waals surface area contributed by atoms with Crippen molar-refractivity contribution < 1.29 is 9.72 Å². The van der Waals surface area contributed by atoms with Gasteiger partial charge in [0.25, 0.3) is 11.6 Å². The Hall–Kier alpha value is -1.91. The van der Waals surface area contributed by atoms with Crippen molar-refractivity contribution in [1.82, 2.24) is 5.32 Å². The van der Waals surface area contributed by atoms with Crippen LogP contribution in [0.3, 0.4) is 0 Å². The molecule has 5 heteroatoms. The summed E-state index contributed by atoms with van der Waals surface area (Å²) < 4.78 is 0. The van der Waals surface area contributed by atoms with E-state index < -0.39 is 4.92 Å². The predicted molar refractivity (Wildman–Crippen MR) is 76.5 cm³/mol. The quantitative estimate of drug-likeness (QED) is 0.681. The molecule has 0 spiro atoms. The normalized spacial score (nSPS) is 26.0. The zero-order valence-electron chi connectivity index (χ0n) is 11.8. The molecule has 1 amide bonds. The van der Waals surface area contributed by atoms with E-state index in [0.717, 1.165) is 12.8 Å². The van der Waals surface area contributed by atoms with Crippen molar-refractivity contribution in [2.24, 2.45) is 11.8 Å². The summed E-state index contributed by atoms with van der Waals surface area (Å²) in [6, 6.07) is 5.93. The van der Waals surface area contributed by atoms with Gasteiger partial charge in [0.1, 0.15) is 0 Å². The van der Waals surface area contributed by atoms with E-state index in [0.29, 0.717) is 17.4 Å². The molecule has 1 saturated carbocycles. The van der Waals surface area contributed by atoms with E-state index in [9.17, 15) is 14.9 Å². The lowest BCUT2D eigenvalue weighted by Crippen LogP contribution is -2.43. The second-order valence-corrected chi connectivity index (χ2v) is 5.65. The van der Waals surface area contributed by atoms with Crippen molar-refractivity contribution in [3.05, 3.63) is 39.9 Å². The van der Waals surface area contributed by atoms with E-state index in [1.54, 1.807) is 0 Å². The zero-order valence-corrected chi connectivity index (χ0v) is 11.8. The number of carbonyl (C=O) groups is 1. The summed E-state index contributed by atoms with van der Waals surface area (Å²) in [6.45, 7) is 4.39. The van der Waals surface area contributed by atoms with Gasteiger partial charge >= 0.3 is 0 Å². The maximum absolute atomic E-state index is 12.2. The number of nitrogens with one attached hydrogen (secondary N) is 1. The molecule has 0 radical (unpaired) electrons. The standard InChI is InChI=1S/C15H20N2O3/c1-10-4-3-5-14(11(10)2)16-15(18)12-6-8-13(9-7-12)17(19)20/h6-11,14H,3-5H2,1-2H3,(H,16,18)/t10-,11+,14-/m0/s1. The minimum atomic E-state index is -0.466. The molecule has 1 aromatic rings. The highest BCUT2D eigenvalue weighted by Gasteiger charge is 2.28. The Bertz CT molecular complexity index is 498. The van der Waals surface area contributed by atoms with Crippen LogP contribution in [-0.2, 0) is 0 Å². The first-order valence-electron chi connectivity index (χ1n) is 7.04. The average Bonchev–Trinajstić information content (AvgIpc) is 2.44. The van der Waals surface area contributed by atoms with Gasteiger partial charge in [0.15, 0.2) is 0 Å². The molecule has 1 N–H and O–H groups in total. The number of hydrogen-bond donors (Lipinski definition) is 1. The van der Waals surface area contributed by atoms with Gasteiger partial charge in [-0.1, -0.05) is 26.7 Å². The number of nitro benzene ring substituents is 1. The maximum atomic E-state index is 12.2. The van der Waals surface area contributed by atoms with Crippen LogP contribution in [-0.4, -0.2) is 16.9 Å². The van der Waals surface area contributed by atoms with Gasteiger partial charge in [-0.15, -0.1) is 0 Å². The van der Waals surface area contributed by atoms with Crippen LogP contribution in [0, 0.1) is 22.0 Å². The fourth-order valence-corrected chi connectivity index (χ4v) is 2.77. The van der Waals surface area contributed by atoms with Crippen LogP contribution < -0.4 is 5.32 Å².